The highest BCUT2D eigenvalue weighted by atomic mass is 35.5. The second-order valence-corrected chi connectivity index (χ2v) is 6.72. The van der Waals surface area contributed by atoms with E-state index in [1.54, 1.807) is 23.5 Å². The topological polar surface area (TPSA) is 46.5 Å². The van der Waals surface area contributed by atoms with Gasteiger partial charge in [0.25, 0.3) is 0 Å². The van der Waals surface area contributed by atoms with Crippen LogP contribution in [-0.4, -0.2) is 16.7 Å². The number of hydrogen-bond donors (Lipinski definition) is 1. The first-order valence-corrected chi connectivity index (χ1v) is 7.62. The van der Waals surface area contributed by atoms with Gasteiger partial charge in [-0.2, -0.15) is 0 Å². The van der Waals surface area contributed by atoms with Crippen LogP contribution in [-0.2, 0) is 4.79 Å². The summed E-state index contributed by atoms with van der Waals surface area (Å²) in [5, 5.41) is 11.8. The van der Waals surface area contributed by atoms with E-state index in [0.29, 0.717) is 10.8 Å². The maximum Gasteiger partial charge on any atom is 0.347 e. The lowest BCUT2D eigenvalue weighted by molar-refractivity contribution is -0.152. The Morgan fingerprint density at radius 3 is 2.67 bits per heavy atom. The zero-order valence-electron chi connectivity index (χ0n) is 11.5. The molecule has 0 saturated carbocycles. The van der Waals surface area contributed by atoms with Crippen LogP contribution in [0, 0.1) is 0 Å². The van der Waals surface area contributed by atoms with Crippen LogP contribution in [0.15, 0.2) is 36.4 Å². The molecule has 3 rings (SSSR count). The van der Waals surface area contributed by atoms with Crippen LogP contribution in [0.4, 0.5) is 0 Å². The second-order valence-electron chi connectivity index (χ2n) is 5.27. The number of carboxylic acid groups (broad SMARTS) is 1. The average molecular weight is 321 g/mol. The highest BCUT2D eigenvalue weighted by Gasteiger charge is 2.30. The van der Waals surface area contributed by atoms with Gasteiger partial charge in [0.1, 0.15) is 5.75 Å². The monoisotopic (exact) mass is 320 g/mol. The first-order chi connectivity index (χ1) is 9.90. The van der Waals surface area contributed by atoms with Gasteiger partial charge in [-0.05, 0) is 32.0 Å². The minimum Gasteiger partial charge on any atom is -0.478 e. The molecule has 0 aliphatic carbocycles. The molecule has 108 valence electrons. The number of benzene rings is 2. The molecule has 0 spiro atoms. The van der Waals surface area contributed by atoms with E-state index in [2.05, 4.69) is 0 Å². The summed E-state index contributed by atoms with van der Waals surface area (Å²) >= 11 is 7.87. The number of rotatable bonds is 3. The summed E-state index contributed by atoms with van der Waals surface area (Å²) in [6, 6.07) is 11.4. The molecule has 1 heterocycles. The van der Waals surface area contributed by atoms with Gasteiger partial charge in [0.15, 0.2) is 5.60 Å². The number of carbonyl (C=O) groups is 1. The Balaban J connectivity index is 2.26. The minimum atomic E-state index is -1.29. The molecule has 2 aromatic carbocycles. The molecular formula is C16H13ClO3S. The van der Waals surface area contributed by atoms with Crippen molar-refractivity contribution in [2.45, 2.75) is 19.4 Å². The molecule has 5 heteroatoms. The van der Waals surface area contributed by atoms with Crippen LogP contribution in [0.1, 0.15) is 13.8 Å². The van der Waals surface area contributed by atoms with Crippen LogP contribution in [0.5, 0.6) is 5.75 Å². The van der Waals surface area contributed by atoms with E-state index >= 15 is 0 Å². The molecule has 0 radical (unpaired) electrons. The highest BCUT2D eigenvalue weighted by Crippen LogP contribution is 2.43. The molecule has 3 aromatic rings. The predicted octanol–water partition coefficient (Wildman–Crippen LogP) is 4.95. The second kappa shape index (κ2) is 4.90. The number of halogens is 1. The Hall–Kier alpha value is -1.78. The zero-order valence-corrected chi connectivity index (χ0v) is 13.1. The number of ether oxygens (including phenoxy) is 1. The van der Waals surface area contributed by atoms with E-state index < -0.39 is 11.6 Å². The zero-order chi connectivity index (χ0) is 15.2. The third kappa shape index (κ3) is 2.34. The van der Waals surface area contributed by atoms with Crippen molar-refractivity contribution in [2.24, 2.45) is 0 Å². The molecule has 0 aliphatic rings. The normalized spacial score (nSPS) is 12.0. The summed E-state index contributed by atoms with van der Waals surface area (Å²) in [5.41, 5.74) is -1.29. The summed E-state index contributed by atoms with van der Waals surface area (Å²) in [6.07, 6.45) is 0. The maximum absolute atomic E-state index is 11.3. The molecule has 0 amide bonds. The number of carboxylic acids is 1. The van der Waals surface area contributed by atoms with E-state index in [1.807, 2.05) is 24.3 Å². The minimum absolute atomic E-state index is 0.544. The van der Waals surface area contributed by atoms with Crippen LogP contribution in [0.3, 0.4) is 0 Å². The smallest absolute Gasteiger partial charge is 0.347 e. The van der Waals surface area contributed by atoms with Crippen molar-refractivity contribution in [2.75, 3.05) is 0 Å². The van der Waals surface area contributed by atoms with Crippen LogP contribution < -0.4 is 4.74 Å². The molecule has 1 aromatic heterocycles. The molecule has 1 N–H and O–H groups in total. The quantitative estimate of drug-likeness (QED) is 0.742. The van der Waals surface area contributed by atoms with E-state index in [4.69, 9.17) is 16.3 Å². The van der Waals surface area contributed by atoms with Crippen molar-refractivity contribution < 1.29 is 14.6 Å². The molecule has 21 heavy (non-hydrogen) atoms. The van der Waals surface area contributed by atoms with Crippen molar-refractivity contribution in [3.8, 4) is 5.75 Å². The van der Waals surface area contributed by atoms with Gasteiger partial charge in [-0.25, -0.2) is 4.79 Å². The van der Waals surface area contributed by atoms with Crippen LogP contribution >= 0.6 is 22.9 Å². The lowest BCUT2D eigenvalue weighted by atomic mass is 10.1. The van der Waals surface area contributed by atoms with Crippen molar-refractivity contribution in [1.82, 2.24) is 0 Å². The van der Waals surface area contributed by atoms with Crippen molar-refractivity contribution in [3.05, 3.63) is 41.4 Å². The van der Waals surface area contributed by atoms with Crippen molar-refractivity contribution >= 4 is 49.1 Å². The first-order valence-electron chi connectivity index (χ1n) is 6.42. The van der Waals surface area contributed by atoms with Gasteiger partial charge in [-0.15, -0.1) is 11.3 Å². The Kier molecular flexibility index (Phi) is 3.30. The van der Waals surface area contributed by atoms with E-state index in [1.165, 1.54) is 13.8 Å². The predicted molar refractivity (Wildman–Crippen MR) is 86.7 cm³/mol. The number of hydrogen-bond acceptors (Lipinski definition) is 3. The molecule has 0 unspecified atom stereocenters. The number of aliphatic carboxylic acids is 1. The van der Waals surface area contributed by atoms with Crippen LogP contribution in [0.25, 0.3) is 20.2 Å². The maximum atomic E-state index is 11.3. The molecule has 0 aliphatic heterocycles. The van der Waals surface area contributed by atoms with Crippen LogP contribution in [0.2, 0.25) is 5.02 Å². The van der Waals surface area contributed by atoms with Gasteiger partial charge in [0.2, 0.25) is 0 Å². The number of fused-ring (bicyclic) bond motifs is 3. The largest absolute Gasteiger partial charge is 0.478 e. The van der Waals surface area contributed by atoms with Gasteiger partial charge in [-0.3, -0.25) is 0 Å². The molecule has 3 nitrogen and oxygen atoms in total. The standard InChI is InChI=1S/C16H13ClO3S/c1-16(2,15(18)19)20-11-8-7-10(17)13-9-5-3-4-6-12(9)21-14(11)13/h3-8H,1-2H3,(H,18,19). The summed E-state index contributed by atoms with van der Waals surface area (Å²) in [6.45, 7) is 3.06. The highest BCUT2D eigenvalue weighted by molar-refractivity contribution is 7.26. The van der Waals surface area contributed by atoms with E-state index in [0.717, 1.165) is 20.2 Å². The Morgan fingerprint density at radius 2 is 1.95 bits per heavy atom. The summed E-state index contributed by atoms with van der Waals surface area (Å²) in [7, 11) is 0. The average Bonchev–Trinajstić information content (AvgIpc) is 2.82. The fourth-order valence-corrected chi connectivity index (χ4v) is 3.66. The lowest BCUT2D eigenvalue weighted by Crippen LogP contribution is -2.37. The molecule has 0 saturated heterocycles. The van der Waals surface area contributed by atoms with E-state index in [-0.39, 0.29) is 0 Å². The van der Waals surface area contributed by atoms with Gasteiger partial charge >= 0.3 is 5.97 Å². The third-order valence-corrected chi connectivity index (χ3v) is 4.82. The molecule has 0 bridgehead atoms. The van der Waals surface area contributed by atoms with Gasteiger partial charge in [0, 0.05) is 15.5 Å². The fourth-order valence-electron chi connectivity index (χ4n) is 2.16. The SMILES string of the molecule is CC(C)(Oc1ccc(Cl)c2c1sc1ccccc12)C(=O)O. The lowest BCUT2D eigenvalue weighted by Gasteiger charge is -2.22. The fraction of sp³-hybridized carbons (Fsp3) is 0.188. The summed E-state index contributed by atoms with van der Waals surface area (Å²) < 4.78 is 7.68. The Bertz CT molecular complexity index is 851. The third-order valence-electron chi connectivity index (χ3n) is 3.32. The summed E-state index contributed by atoms with van der Waals surface area (Å²) in [5.74, 6) is -0.463. The Labute approximate surface area is 130 Å². The number of thiophene rings is 1. The van der Waals surface area contributed by atoms with Crippen molar-refractivity contribution in [3.63, 3.8) is 0 Å². The van der Waals surface area contributed by atoms with Gasteiger partial charge < -0.3 is 9.84 Å². The molecular weight excluding hydrogens is 308 g/mol. The molecule has 0 atom stereocenters. The summed E-state index contributed by atoms with van der Waals surface area (Å²) in [4.78, 5) is 11.3. The Morgan fingerprint density at radius 1 is 1.24 bits per heavy atom. The van der Waals surface area contributed by atoms with E-state index in [9.17, 15) is 9.90 Å². The first kappa shape index (κ1) is 14.2. The van der Waals surface area contributed by atoms with Gasteiger partial charge in [0.05, 0.1) is 9.72 Å². The molecule has 0 fully saturated rings. The van der Waals surface area contributed by atoms with Gasteiger partial charge in [-0.1, -0.05) is 29.8 Å². The van der Waals surface area contributed by atoms with Crippen molar-refractivity contribution in [1.29, 1.82) is 0 Å².